The first-order valence-corrected chi connectivity index (χ1v) is 9.91. The molecule has 0 bridgehead atoms. The summed E-state index contributed by atoms with van der Waals surface area (Å²) in [5.74, 6) is 0.984. The summed E-state index contributed by atoms with van der Waals surface area (Å²) in [6, 6.07) is 0. The molecule has 0 radical (unpaired) electrons. The van der Waals surface area contributed by atoms with E-state index in [0.717, 1.165) is 50.9 Å². The smallest absolute Gasteiger partial charge is 0.171 e. The molecule has 138 valence electrons. The third-order valence-corrected chi connectivity index (χ3v) is 7.18. The Morgan fingerprint density at radius 1 is 0.960 bits per heavy atom. The summed E-state index contributed by atoms with van der Waals surface area (Å²) in [4.78, 5) is 12.7. The summed E-state index contributed by atoms with van der Waals surface area (Å²) >= 11 is 0. The van der Waals surface area contributed by atoms with Crippen molar-refractivity contribution in [3.8, 4) is 0 Å². The van der Waals surface area contributed by atoms with Crippen LogP contribution < -0.4 is 0 Å². The van der Waals surface area contributed by atoms with Crippen LogP contribution in [0.1, 0.15) is 51.9 Å². The summed E-state index contributed by atoms with van der Waals surface area (Å²) in [7, 11) is 0. The molecular weight excluding hydrogens is 320 g/mol. The van der Waals surface area contributed by atoms with Gasteiger partial charge in [0.2, 0.25) is 0 Å². The highest BCUT2D eigenvalue weighted by atomic mass is 16.7. The fourth-order valence-corrected chi connectivity index (χ4v) is 6.15. The topological polar surface area (TPSA) is 54.0 Å². The third kappa shape index (κ3) is 2.54. The molecule has 2 saturated carbocycles. The lowest BCUT2D eigenvalue weighted by molar-refractivity contribution is -0.191. The molecule has 5 heteroatoms. The lowest BCUT2D eigenvalue weighted by Gasteiger charge is -2.43. The van der Waals surface area contributed by atoms with Crippen molar-refractivity contribution in [2.24, 2.45) is 17.8 Å². The third-order valence-electron chi connectivity index (χ3n) is 7.18. The van der Waals surface area contributed by atoms with Crippen molar-refractivity contribution in [1.82, 2.24) is 0 Å². The summed E-state index contributed by atoms with van der Waals surface area (Å²) in [6.45, 7) is 4.68. The van der Waals surface area contributed by atoms with Crippen molar-refractivity contribution in [2.75, 3.05) is 26.4 Å². The van der Waals surface area contributed by atoms with Gasteiger partial charge < -0.3 is 18.9 Å². The van der Waals surface area contributed by atoms with Gasteiger partial charge in [0.25, 0.3) is 0 Å². The molecule has 1 spiro atoms. The van der Waals surface area contributed by atoms with Crippen molar-refractivity contribution >= 4 is 5.78 Å². The highest BCUT2D eigenvalue weighted by molar-refractivity contribution is 5.97. The molecule has 0 amide bonds. The van der Waals surface area contributed by atoms with Crippen molar-refractivity contribution in [3.05, 3.63) is 11.1 Å². The van der Waals surface area contributed by atoms with Crippen LogP contribution in [0.15, 0.2) is 11.1 Å². The lowest BCUT2D eigenvalue weighted by atomic mass is 9.64. The first-order valence-electron chi connectivity index (χ1n) is 9.91. The van der Waals surface area contributed by atoms with Gasteiger partial charge in [0.1, 0.15) is 0 Å². The SMILES string of the molecule is CC1(CC2=C3CC[C@H]4[C@@H](CCC45OCCO5)[C@@H]3CCC2=O)OCCO1. The van der Waals surface area contributed by atoms with E-state index >= 15 is 0 Å². The Labute approximate surface area is 149 Å². The molecule has 0 aromatic heterocycles. The second kappa shape index (κ2) is 5.88. The van der Waals surface area contributed by atoms with E-state index in [1.54, 1.807) is 0 Å². The second-order valence-corrected chi connectivity index (χ2v) is 8.44. The molecule has 0 aromatic rings. The van der Waals surface area contributed by atoms with Crippen molar-refractivity contribution in [3.63, 3.8) is 0 Å². The number of Topliss-reactive ketones (excluding diaryl/α,β-unsaturated/α-hetero) is 1. The van der Waals surface area contributed by atoms with Gasteiger partial charge >= 0.3 is 0 Å². The highest BCUT2D eigenvalue weighted by Crippen LogP contribution is 2.58. The number of carbonyl (C=O) groups excluding carboxylic acids is 1. The van der Waals surface area contributed by atoms with E-state index in [0.29, 0.717) is 49.6 Å². The van der Waals surface area contributed by atoms with Gasteiger partial charge in [-0.1, -0.05) is 5.57 Å². The van der Waals surface area contributed by atoms with Crippen molar-refractivity contribution in [1.29, 1.82) is 0 Å². The molecule has 5 nitrogen and oxygen atoms in total. The van der Waals surface area contributed by atoms with E-state index in [9.17, 15) is 4.79 Å². The molecule has 25 heavy (non-hydrogen) atoms. The van der Waals surface area contributed by atoms with Gasteiger partial charge in [-0.25, -0.2) is 0 Å². The van der Waals surface area contributed by atoms with Crippen LogP contribution in [-0.2, 0) is 23.7 Å². The number of carbonyl (C=O) groups is 1. The van der Waals surface area contributed by atoms with Crippen LogP contribution in [0.2, 0.25) is 0 Å². The van der Waals surface area contributed by atoms with Gasteiger partial charge in [-0.15, -0.1) is 0 Å². The normalized spacial score (nSPS) is 39.1. The first-order chi connectivity index (χ1) is 12.1. The molecule has 5 aliphatic rings. The lowest BCUT2D eigenvalue weighted by Crippen LogP contribution is -2.42. The minimum atomic E-state index is -0.620. The number of hydrogen-bond donors (Lipinski definition) is 0. The Kier molecular flexibility index (Phi) is 3.86. The minimum absolute atomic E-state index is 0.311. The Morgan fingerprint density at radius 2 is 1.68 bits per heavy atom. The molecule has 3 aliphatic carbocycles. The maximum absolute atomic E-state index is 12.7. The average Bonchev–Trinajstić information content (AvgIpc) is 3.33. The maximum atomic E-state index is 12.7. The Hall–Kier alpha value is -0.750. The zero-order valence-electron chi connectivity index (χ0n) is 15.1. The summed E-state index contributed by atoms with van der Waals surface area (Å²) in [6.07, 6.45) is 6.51. The molecular formula is C20H28O5. The predicted molar refractivity (Wildman–Crippen MR) is 89.8 cm³/mol. The zero-order chi connectivity index (χ0) is 17.1. The summed E-state index contributed by atoms with van der Waals surface area (Å²) < 4.78 is 23.7. The number of hydrogen-bond acceptors (Lipinski definition) is 5. The van der Waals surface area contributed by atoms with Gasteiger partial charge in [0, 0.05) is 25.2 Å². The minimum Gasteiger partial charge on any atom is -0.347 e. The summed E-state index contributed by atoms with van der Waals surface area (Å²) in [5.41, 5.74) is 2.40. The molecule has 0 unspecified atom stereocenters. The second-order valence-electron chi connectivity index (χ2n) is 8.44. The Balaban J connectivity index is 1.44. The average molecular weight is 348 g/mol. The molecule has 5 rings (SSSR count). The molecule has 2 heterocycles. The zero-order valence-corrected chi connectivity index (χ0v) is 15.1. The van der Waals surface area contributed by atoms with E-state index in [-0.39, 0.29) is 5.79 Å². The molecule has 3 atom stereocenters. The fourth-order valence-electron chi connectivity index (χ4n) is 6.15. The quantitative estimate of drug-likeness (QED) is 0.768. The van der Waals surface area contributed by atoms with Crippen LogP contribution in [-0.4, -0.2) is 43.8 Å². The van der Waals surface area contributed by atoms with Crippen LogP contribution >= 0.6 is 0 Å². The van der Waals surface area contributed by atoms with E-state index in [1.165, 1.54) is 5.57 Å². The molecule has 0 aromatic carbocycles. The highest BCUT2D eigenvalue weighted by Gasteiger charge is 2.57. The van der Waals surface area contributed by atoms with Gasteiger partial charge in [-0.2, -0.15) is 0 Å². The first kappa shape index (κ1) is 16.4. The van der Waals surface area contributed by atoms with Crippen LogP contribution in [0.4, 0.5) is 0 Å². The Morgan fingerprint density at radius 3 is 2.44 bits per heavy atom. The molecule has 0 N–H and O–H groups in total. The van der Waals surface area contributed by atoms with Crippen LogP contribution in [0.5, 0.6) is 0 Å². The van der Waals surface area contributed by atoms with Gasteiger partial charge in [0.05, 0.1) is 26.4 Å². The number of ketones is 1. The van der Waals surface area contributed by atoms with E-state index in [1.807, 2.05) is 6.92 Å². The van der Waals surface area contributed by atoms with Crippen LogP contribution in [0.25, 0.3) is 0 Å². The van der Waals surface area contributed by atoms with E-state index in [2.05, 4.69) is 0 Å². The standard InChI is InChI=1S/C20H28O5/c1-19(22-8-9-23-19)12-16-14-2-4-17-15(13(14)3-5-18(16)21)6-7-20(17)24-10-11-25-20/h13,15,17H,2-12H2,1H3/t13-,15+,17+/m1/s1. The number of fused-ring (bicyclic) bond motifs is 4. The summed E-state index contributed by atoms with van der Waals surface area (Å²) in [5, 5.41) is 0. The predicted octanol–water partition coefficient (Wildman–Crippen LogP) is 2.98. The fraction of sp³-hybridized carbons (Fsp3) is 0.850. The number of ether oxygens (including phenoxy) is 4. The van der Waals surface area contributed by atoms with Gasteiger partial charge in [-0.05, 0) is 50.0 Å². The number of allylic oxidation sites excluding steroid dienone is 1. The van der Waals surface area contributed by atoms with Crippen LogP contribution in [0.3, 0.4) is 0 Å². The van der Waals surface area contributed by atoms with E-state index in [4.69, 9.17) is 18.9 Å². The van der Waals surface area contributed by atoms with Gasteiger partial charge in [-0.3, -0.25) is 4.79 Å². The molecule has 2 aliphatic heterocycles. The monoisotopic (exact) mass is 348 g/mol. The van der Waals surface area contributed by atoms with Crippen molar-refractivity contribution < 1.29 is 23.7 Å². The largest absolute Gasteiger partial charge is 0.347 e. The molecule has 4 fully saturated rings. The number of rotatable bonds is 2. The maximum Gasteiger partial charge on any atom is 0.171 e. The van der Waals surface area contributed by atoms with Crippen molar-refractivity contribution in [2.45, 2.75) is 63.4 Å². The Bertz CT molecular complexity index is 597. The van der Waals surface area contributed by atoms with E-state index < -0.39 is 5.79 Å². The molecule has 2 saturated heterocycles. The van der Waals surface area contributed by atoms with Gasteiger partial charge in [0.15, 0.2) is 17.4 Å². The van der Waals surface area contributed by atoms with Crippen LogP contribution in [0, 0.1) is 17.8 Å².